The van der Waals surface area contributed by atoms with Gasteiger partial charge in [0.25, 0.3) is 0 Å². The molecule has 0 aliphatic rings. The van der Waals surface area contributed by atoms with Gasteiger partial charge in [-0.25, -0.2) is 0 Å². The molecule has 1 aromatic carbocycles. The van der Waals surface area contributed by atoms with Gasteiger partial charge in [0.2, 0.25) is 0 Å². The first kappa shape index (κ1) is 10.7. The van der Waals surface area contributed by atoms with E-state index in [2.05, 4.69) is 30.1 Å². The maximum Gasteiger partial charge on any atom is 0.0731 e. The lowest BCUT2D eigenvalue weighted by Gasteiger charge is -2.02. The van der Waals surface area contributed by atoms with Gasteiger partial charge < -0.3 is 0 Å². The number of hydrogen-bond donors (Lipinski definition) is 0. The van der Waals surface area contributed by atoms with Crippen molar-refractivity contribution in [2.45, 2.75) is 6.92 Å². The summed E-state index contributed by atoms with van der Waals surface area (Å²) in [7, 11) is 0. The minimum atomic E-state index is 0. The molecule has 1 nitrogen and oxygen atoms in total. The fraction of sp³-hybridized carbons (Fsp3) is 0.0833. The Balaban J connectivity index is 0.000000980. The van der Waals surface area contributed by atoms with Crippen LogP contribution in [0.4, 0.5) is 0 Å². The lowest BCUT2D eigenvalue weighted by molar-refractivity contribution is 1.27. The normalized spacial score (nSPS) is 9.21. The minimum Gasteiger partial charge on any atom is -0.256 e. The lowest BCUT2D eigenvalue weighted by Crippen LogP contribution is -1.85. The van der Waals surface area contributed by atoms with Gasteiger partial charge in [-0.05, 0) is 18.6 Å². The number of benzene rings is 1. The van der Waals surface area contributed by atoms with Crippen LogP contribution >= 0.6 is 12.4 Å². The van der Waals surface area contributed by atoms with Crippen LogP contribution in [-0.4, -0.2) is 4.98 Å². The third-order valence-electron chi connectivity index (χ3n) is 2.06. The van der Waals surface area contributed by atoms with Crippen LogP contribution in [0.25, 0.3) is 11.3 Å². The SMILES string of the molecule is Cc1cccnc1-c1ccccc1.Cl. The number of rotatable bonds is 1. The van der Waals surface area contributed by atoms with E-state index in [9.17, 15) is 0 Å². The van der Waals surface area contributed by atoms with Gasteiger partial charge in [0.15, 0.2) is 0 Å². The van der Waals surface area contributed by atoms with Gasteiger partial charge in [-0.1, -0.05) is 36.4 Å². The molecule has 2 aromatic rings. The van der Waals surface area contributed by atoms with Crippen LogP contribution < -0.4 is 0 Å². The van der Waals surface area contributed by atoms with E-state index in [1.165, 1.54) is 11.1 Å². The van der Waals surface area contributed by atoms with Crippen molar-refractivity contribution in [2.24, 2.45) is 0 Å². The highest BCUT2D eigenvalue weighted by molar-refractivity contribution is 5.85. The zero-order valence-electron chi connectivity index (χ0n) is 7.97. The van der Waals surface area contributed by atoms with Crippen molar-refractivity contribution < 1.29 is 0 Å². The van der Waals surface area contributed by atoms with Crippen molar-refractivity contribution in [1.82, 2.24) is 4.98 Å². The Morgan fingerprint density at radius 2 is 1.64 bits per heavy atom. The topological polar surface area (TPSA) is 12.9 Å². The maximum atomic E-state index is 4.35. The monoisotopic (exact) mass is 205 g/mol. The molecular weight excluding hydrogens is 194 g/mol. The van der Waals surface area contributed by atoms with Gasteiger partial charge in [-0.3, -0.25) is 4.98 Å². The summed E-state index contributed by atoms with van der Waals surface area (Å²) in [5.74, 6) is 0. The summed E-state index contributed by atoms with van der Waals surface area (Å²) in [6.07, 6.45) is 1.83. The molecule has 0 aliphatic carbocycles. The van der Waals surface area contributed by atoms with E-state index in [1.54, 1.807) is 0 Å². The van der Waals surface area contributed by atoms with Crippen LogP contribution in [0, 0.1) is 6.92 Å². The molecular formula is C12H12ClN. The molecule has 2 rings (SSSR count). The lowest BCUT2D eigenvalue weighted by atomic mass is 10.1. The maximum absolute atomic E-state index is 4.35. The second kappa shape index (κ2) is 4.77. The fourth-order valence-electron chi connectivity index (χ4n) is 1.38. The number of nitrogens with zero attached hydrogens (tertiary/aromatic N) is 1. The first-order chi connectivity index (χ1) is 6.38. The molecule has 0 aliphatic heterocycles. The molecule has 0 saturated carbocycles. The van der Waals surface area contributed by atoms with E-state index in [0.717, 1.165) is 5.69 Å². The molecule has 0 fully saturated rings. The molecule has 0 saturated heterocycles. The van der Waals surface area contributed by atoms with Crippen LogP contribution in [-0.2, 0) is 0 Å². The Morgan fingerprint density at radius 3 is 2.29 bits per heavy atom. The summed E-state index contributed by atoms with van der Waals surface area (Å²) < 4.78 is 0. The van der Waals surface area contributed by atoms with E-state index in [-0.39, 0.29) is 12.4 Å². The van der Waals surface area contributed by atoms with Crippen molar-refractivity contribution in [3.63, 3.8) is 0 Å². The molecule has 0 radical (unpaired) electrons. The first-order valence-electron chi connectivity index (χ1n) is 4.35. The molecule has 2 heteroatoms. The molecule has 14 heavy (non-hydrogen) atoms. The summed E-state index contributed by atoms with van der Waals surface area (Å²) in [5, 5.41) is 0. The largest absolute Gasteiger partial charge is 0.256 e. The van der Waals surface area contributed by atoms with Gasteiger partial charge >= 0.3 is 0 Å². The van der Waals surface area contributed by atoms with Crippen LogP contribution in [0.15, 0.2) is 48.7 Å². The summed E-state index contributed by atoms with van der Waals surface area (Å²) in [6.45, 7) is 2.08. The molecule has 72 valence electrons. The smallest absolute Gasteiger partial charge is 0.0731 e. The molecule has 1 aromatic heterocycles. The van der Waals surface area contributed by atoms with Gasteiger partial charge in [0.05, 0.1) is 5.69 Å². The summed E-state index contributed by atoms with van der Waals surface area (Å²) in [5.41, 5.74) is 3.47. The van der Waals surface area contributed by atoms with E-state index in [0.29, 0.717) is 0 Å². The Bertz CT molecular complexity index is 398. The molecule has 0 amide bonds. The molecule has 0 N–H and O–H groups in total. The van der Waals surface area contributed by atoms with E-state index in [1.807, 2.05) is 30.5 Å². The highest BCUT2D eigenvalue weighted by Gasteiger charge is 1.99. The molecule has 0 atom stereocenters. The zero-order chi connectivity index (χ0) is 9.10. The average Bonchev–Trinajstić information content (AvgIpc) is 2.20. The fourth-order valence-corrected chi connectivity index (χ4v) is 1.38. The predicted molar refractivity (Wildman–Crippen MR) is 61.7 cm³/mol. The number of aromatic nitrogens is 1. The number of pyridine rings is 1. The van der Waals surface area contributed by atoms with Crippen LogP contribution in [0.1, 0.15) is 5.56 Å². The van der Waals surface area contributed by atoms with Crippen LogP contribution in [0.5, 0.6) is 0 Å². The Labute approximate surface area is 90.2 Å². The first-order valence-corrected chi connectivity index (χ1v) is 4.35. The Morgan fingerprint density at radius 1 is 0.929 bits per heavy atom. The van der Waals surface area contributed by atoms with Gasteiger partial charge in [-0.2, -0.15) is 0 Å². The average molecular weight is 206 g/mol. The van der Waals surface area contributed by atoms with Gasteiger partial charge in [0, 0.05) is 11.8 Å². The number of aryl methyl sites for hydroxylation is 1. The van der Waals surface area contributed by atoms with Crippen molar-refractivity contribution in [2.75, 3.05) is 0 Å². The highest BCUT2D eigenvalue weighted by atomic mass is 35.5. The summed E-state index contributed by atoms with van der Waals surface area (Å²) in [4.78, 5) is 4.35. The third kappa shape index (κ3) is 2.12. The van der Waals surface area contributed by atoms with Crippen molar-refractivity contribution in [3.8, 4) is 11.3 Å². The molecule has 1 heterocycles. The summed E-state index contributed by atoms with van der Waals surface area (Å²) >= 11 is 0. The van der Waals surface area contributed by atoms with E-state index < -0.39 is 0 Å². The zero-order valence-corrected chi connectivity index (χ0v) is 8.79. The second-order valence-electron chi connectivity index (χ2n) is 3.03. The standard InChI is InChI=1S/C12H11N.ClH/c1-10-6-5-9-13-12(10)11-7-3-2-4-8-11;/h2-9H,1H3;1H. The van der Waals surface area contributed by atoms with E-state index >= 15 is 0 Å². The van der Waals surface area contributed by atoms with Crippen molar-refractivity contribution >= 4 is 12.4 Å². The second-order valence-corrected chi connectivity index (χ2v) is 3.03. The van der Waals surface area contributed by atoms with Crippen LogP contribution in [0.2, 0.25) is 0 Å². The molecule has 0 spiro atoms. The predicted octanol–water partition coefficient (Wildman–Crippen LogP) is 3.48. The Hall–Kier alpha value is -1.34. The quantitative estimate of drug-likeness (QED) is 0.695. The molecule has 0 unspecified atom stereocenters. The summed E-state index contributed by atoms with van der Waals surface area (Å²) in [6, 6.07) is 14.3. The van der Waals surface area contributed by atoms with Gasteiger partial charge in [-0.15, -0.1) is 12.4 Å². The van der Waals surface area contributed by atoms with Crippen LogP contribution in [0.3, 0.4) is 0 Å². The number of hydrogen-bond acceptors (Lipinski definition) is 1. The third-order valence-corrected chi connectivity index (χ3v) is 2.06. The highest BCUT2D eigenvalue weighted by Crippen LogP contribution is 2.19. The van der Waals surface area contributed by atoms with Crippen molar-refractivity contribution in [3.05, 3.63) is 54.2 Å². The van der Waals surface area contributed by atoms with Crippen molar-refractivity contribution in [1.29, 1.82) is 0 Å². The number of halogens is 1. The van der Waals surface area contributed by atoms with Gasteiger partial charge in [0.1, 0.15) is 0 Å². The van der Waals surface area contributed by atoms with E-state index in [4.69, 9.17) is 0 Å². The Kier molecular flexibility index (Phi) is 3.66. The minimum absolute atomic E-state index is 0. The molecule has 0 bridgehead atoms.